The van der Waals surface area contributed by atoms with Crippen LogP contribution in [-0.2, 0) is 24.9 Å². The molecule has 6 nitrogen and oxygen atoms in total. The van der Waals surface area contributed by atoms with Crippen LogP contribution in [0.15, 0.2) is 35.3 Å². The highest BCUT2D eigenvalue weighted by molar-refractivity contribution is 6.41. The number of nitrogens with one attached hydrogen (secondary N) is 3. The van der Waals surface area contributed by atoms with Crippen molar-refractivity contribution in [2.45, 2.75) is 32.4 Å². The maximum Gasteiger partial charge on any atom is 0.227 e. The summed E-state index contributed by atoms with van der Waals surface area (Å²) in [6, 6.07) is 9.68. The van der Waals surface area contributed by atoms with Crippen LogP contribution >= 0.6 is 23.2 Å². The second-order valence-corrected chi connectivity index (χ2v) is 7.70. The molecule has 8 heteroatoms. The van der Waals surface area contributed by atoms with Crippen LogP contribution in [0.3, 0.4) is 0 Å². The summed E-state index contributed by atoms with van der Waals surface area (Å²) >= 11 is 12.2. The summed E-state index contributed by atoms with van der Waals surface area (Å²) in [4.78, 5) is 16.4. The van der Waals surface area contributed by atoms with E-state index in [1.807, 2.05) is 41.9 Å². The van der Waals surface area contributed by atoms with Crippen LogP contribution < -0.4 is 16.0 Å². The van der Waals surface area contributed by atoms with Gasteiger partial charge >= 0.3 is 0 Å². The Hall–Kier alpha value is -2.18. The number of aromatic nitrogens is 1. The lowest BCUT2D eigenvalue weighted by molar-refractivity contribution is -0.122. The molecule has 0 unspecified atom stereocenters. The van der Waals surface area contributed by atoms with Crippen molar-refractivity contribution in [3.8, 4) is 0 Å². The zero-order valence-corrected chi connectivity index (χ0v) is 17.6. The second-order valence-electron chi connectivity index (χ2n) is 6.93. The minimum absolute atomic E-state index is 0.119. The highest BCUT2D eigenvalue weighted by Crippen LogP contribution is 2.27. The number of nitrogens with zero attached hydrogens (tertiary/aromatic N) is 2. The summed E-state index contributed by atoms with van der Waals surface area (Å²) in [5, 5.41) is 10.6. The number of benzene rings is 1. The molecule has 150 valence electrons. The molecule has 0 radical (unpaired) electrons. The van der Waals surface area contributed by atoms with Gasteiger partial charge in [-0.3, -0.25) is 9.79 Å². The third-order valence-corrected chi connectivity index (χ3v) is 5.85. The smallest absolute Gasteiger partial charge is 0.227 e. The fourth-order valence-electron chi connectivity index (χ4n) is 3.01. The number of anilines is 1. The van der Waals surface area contributed by atoms with E-state index < -0.39 is 0 Å². The summed E-state index contributed by atoms with van der Waals surface area (Å²) in [5.74, 6) is 0.954. The Morgan fingerprint density at radius 2 is 1.96 bits per heavy atom. The van der Waals surface area contributed by atoms with Gasteiger partial charge in [-0.15, -0.1) is 0 Å². The van der Waals surface area contributed by atoms with Gasteiger partial charge in [0.2, 0.25) is 5.91 Å². The first-order valence-corrected chi connectivity index (χ1v) is 10.1. The molecule has 1 fully saturated rings. The number of hydrogen-bond acceptors (Lipinski definition) is 2. The average molecular weight is 422 g/mol. The Balaban J connectivity index is 1.52. The third kappa shape index (κ3) is 5.00. The van der Waals surface area contributed by atoms with Crippen molar-refractivity contribution in [2.24, 2.45) is 18.0 Å². The molecule has 2 aromatic rings. The minimum atomic E-state index is 0.119. The molecule has 0 spiro atoms. The quantitative estimate of drug-likeness (QED) is 0.488. The highest BCUT2D eigenvalue weighted by Gasteiger charge is 2.25. The van der Waals surface area contributed by atoms with Crippen molar-refractivity contribution >= 4 is 40.8 Å². The number of amides is 1. The monoisotopic (exact) mass is 421 g/mol. The van der Waals surface area contributed by atoms with Crippen LogP contribution in [0.2, 0.25) is 10.2 Å². The Morgan fingerprint density at radius 3 is 2.57 bits per heavy atom. The summed E-state index contributed by atoms with van der Waals surface area (Å²) < 4.78 is 1.83. The van der Waals surface area contributed by atoms with Gasteiger partial charge in [0.1, 0.15) is 5.15 Å². The largest absolute Gasteiger partial charge is 0.352 e. The lowest BCUT2D eigenvalue weighted by Crippen LogP contribution is -2.36. The summed E-state index contributed by atoms with van der Waals surface area (Å²) in [6.07, 6.45) is 3.13. The molecule has 0 aliphatic heterocycles. The first-order chi connectivity index (χ1) is 13.5. The summed E-state index contributed by atoms with van der Waals surface area (Å²) in [7, 11) is 3.58. The Morgan fingerprint density at radius 1 is 1.21 bits per heavy atom. The van der Waals surface area contributed by atoms with E-state index in [-0.39, 0.29) is 11.8 Å². The van der Waals surface area contributed by atoms with Gasteiger partial charge in [0, 0.05) is 37.9 Å². The Kier molecular flexibility index (Phi) is 6.86. The zero-order valence-electron chi connectivity index (χ0n) is 16.1. The number of halogens is 2. The fraction of sp³-hybridized carbons (Fsp3) is 0.400. The van der Waals surface area contributed by atoms with Gasteiger partial charge in [-0.1, -0.05) is 41.8 Å². The van der Waals surface area contributed by atoms with Gasteiger partial charge in [-0.25, -0.2) is 0 Å². The average Bonchev–Trinajstić information content (AvgIpc) is 2.87. The first kappa shape index (κ1) is 20.6. The number of carbonyl (C=O) groups excluding carboxylic acids is 1. The van der Waals surface area contributed by atoms with Crippen LogP contribution in [0, 0.1) is 5.92 Å². The first-order valence-electron chi connectivity index (χ1n) is 9.32. The van der Waals surface area contributed by atoms with Crippen molar-refractivity contribution < 1.29 is 4.79 Å². The third-order valence-electron chi connectivity index (χ3n) is 5.01. The number of rotatable bonds is 6. The van der Waals surface area contributed by atoms with E-state index in [0.29, 0.717) is 29.2 Å². The van der Waals surface area contributed by atoms with Crippen molar-refractivity contribution in [1.29, 1.82) is 0 Å². The lowest BCUT2D eigenvalue weighted by atomic mass is 9.85. The van der Waals surface area contributed by atoms with Crippen LogP contribution in [0.1, 0.15) is 30.5 Å². The molecule has 1 aromatic heterocycles. The van der Waals surface area contributed by atoms with Gasteiger partial charge in [-0.05, 0) is 36.6 Å². The van der Waals surface area contributed by atoms with Crippen molar-refractivity contribution in [1.82, 2.24) is 15.2 Å². The fourth-order valence-corrected chi connectivity index (χ4v) is 3.43. The SMILES string of the molecule is CN=C(NCc1cccc(NC(=O)C2CCC2)c1)NCc1cc(Cl)c(Cl)n1C. The predicted octanol–water partition coefficient (Wildman–Crippen LogP) is 3.94. The molecule has 1 heterocycles. The molecule has 3 rings (SSSR count). The van der Waals surface area contributed by atoms with Crippen LogP contribution in [0.25, 0.3) is 0 Å². The zero-order chi connectivity index (χ0) is 20.1. The molecule has 1 amide bonds. The van der Waals surface area contributed by atoms with Crippen molar-refractivity contribution in [2.75, 3.05) is 12.4 Å². The van der Waals surface area contributed by atoms with E-state index in [0.717, 1.165) is 36.2 Å². The predicted molar refractivity (Wildman–Crippen MR) is 115 cm³/mol. The van der Waals surface area contributed by atoms with Crippen LogP contribution in [0.4, 0.5) is 5.69 Å². The highest BCUT2D eigenvalue weighted by atomic mass is 35.5. The van der Waals surface area contributed by atoms with E-state index in [1.54, 1.807) is 7.05 Å². The molecular weight excluding hydrogens is 397 g/mol. The van der Waals surface area contributed by atoms with E-state index in [2.05, 4.69) is 20.9 Å². The molecule has 0 atom stereocenters. The molecule has 0 saturated heterocycles. The van der Waals surface area contributed by atoms with Crippen LogP contribution in [-0.4, -0.2) is 23.5 Å². The van der Waals surface area contributed by atoms with Gasteiger partial charge in [0.15, 0.2) is 5.96 Å². The van der Waals surface area contributed by atoms with Gasteiger partial charge in [0.05, 0.1) is 11.6 Å². The van der Waals surface area contributed by atoms with Crippen molar-refractivity contribution in [3.05, 3.63) is 51.8 Å². The molecule has 3 N–H and O–H groups in total. The maximum absolute atomic E-state index is 12.1. The molecule has 28 heavy (non-hydrogen) atoms. The van der Waals surface area contributed by atoms with E-state index >= 15 is 0 Å². The normalized spacial score (nSPS) is 14.5. The summed E-state index contributed by atoms with van der Waals surface area (Å²) in [5.41, 5.74) is 2.84. The number of carbonyl (C=O) groups is 1. The molecule has 1 aliphatic rings. The van der Waals surface area contributed by atoms with Gasteiger partial charge in [-0.2, -0.15) is 0 Å². The van der Waals surface area contributed by atoms with E-state index in [1.165, 1.54) is 0 Å². The Labute approximate surface area is 175 Å². The standard InChI is InChI=1S/C20H25Cl2N5O/c1-23-20(25-12-16-10-17(21)18(22)27(16)2)24-11-13-5-3-8-15(9-13)26-19(28)14-6-4-7-14/h3,5,8-10,14H,4,6-7,11-12H2,1-2H3,(H,26,28)(H2,23,24,25). The molecule has 1 aromatic carbocycles. The maximum atomic E-state index is 12.1. The van der Waals surface area contributed by atoms with E-state index in [9.17, 15) is 4.79 Å². The molecule has 1 aliphatic carbocycles. The van der Waals surface area contributed by atoms with Gasteiger partial charge < -0.3 is 20.5 Å². The number of aliphatic imine (C=N–C) groups is 1. The topological polar surface area (TPSA) is 70.4 Å². The van der Waals surface area contributed by atoms with Crippen molar-refractivity contribution in [3.63, 3.8) is 0 Å². The number of guanidine groups is 1. The lowest BCUT2D eigenvalue weighted by Gasteiger charge is -2.24. The van der Waals surface area contributed by atoms with Gasteiger partial charge in [0.25, 0.3) is 0 Å². The Bertz CT molecular complexity index is 873. The van der Waals surface area contributed by atoms with E-state index in [4.69, 9.17) is 23.2 Å². The summed E-state index contributed by atoms with van der Waals surface area (Å²) in [6.45, 7) is 1.13. The molecular formula is C20H25Cl2N5O. The minimum Gasteiger partial charge on any atom is -0.352 e. The second kappa shape index (κ2) is 9.34. The number of hydrogen-bond donors (Lipinski definition) is 3. The van der Waals surface area contributed by atoms with Crippen LogP contribution in [0.5, 0.6) is 0 Å². The molecule has 1 saturated carbocycles. The molecule has 0 bridgehead atoms.